The molecule has 0 bridgehead atoms. The van der Waals surface area contributed by atoms with E-state index in [4.69, 9.17) is 10.5 Å². The van der Waals surface area contributed by atoms with Gasteiger partial charge in [0.25, 0.3) is 5.91 Å². The summed E-state index contributed by atoms with van der Waals surface area (Å²) in [5.41, 5.74) is 6.34. The molecule has 5 heteroatoms. The Morgan fingerprint density at radius 1 is 1.45 bits per heavy atom. The Bertz CT molecular complexity index is 449. The standard InChI is InChI=1S/C15H23FN2O2/c1-4-5-8-18-15(19)11(3)20-14-7-6-12(16)9-13(14)10(2)17/h6-7,9-11H,4-5,8,17H2,1-3H3,(H,18,19)/t10-,11?/m0/s1. The molecule has 0 aliphatic rings. The lowest BCUT2D eigenvalue weighted by Gasteiger charge is -2.18. The first kappa shape index (κ1) is 16.4. The van der Waals surface area contributed by atoms with Crippen LogP contribution in [-0.2, 0) is 4.79 Å². The van der Waals surface area contributed by atoms with Crippen LogP contribution in [0.1, 0.15) is 45.2 Å². The van der Waals surface area contributed by atoms with Crippen molar-refractivity contribution in [3.8, 4) is 5.75 Å². The van der Waals surface area contributed by atoms with Crippen molar-refractivity contribution < 1.29 is 13.9 Å². The smallest absolute Gasteiger partial charge is 0.260 e. The molecule has 1 rings (SSSR count). The van der Waals surface area contributed by atoms with Crippen LogP contribution < -0.4 is 15.8 Å². The van der Waals surface area contributed by atoms with Crippen molar-refractivity contribution in [2.45, 2.75) is 45.8 Å². The third-order valence-corrected chi connectivity index (χ3v) is 2.96. The molecule has 3 N–H and O–H groups in total. The zero-order chi connectivity index (χ0) is 15.1. The summed E-state index contributed by atoms with van der Waals surface area (Å²) in [7, 11) is 0. The van der Waals surface area contributed by atoms with Crippen LogP contribution in [-0.4, -0.2) is 18.6 Å². The van der Waals surface area contributed by atoms with Crippen LogP contribution in [0, 0.1) is 5.82 Å². The van der Waals surface area contributed by atoms with E-state index in [-0.39, 0.29) is 17.8 Å². The summed E-state index contributed by atoms with van der Waals surface area (Å²) in [5.74, 6) is -0.109. The molecule has 0 aromatic heterocycles. The molecule has 0 heterocycles. The maximum Gasteiger partial charge on any atom is 0.260 e. The largest absolute Gasteiger partial charge is 0.481 e. The molecule has 0 aliphatic heterocycles. The quantitative estimate of drug-likeness (QED) is 0.755. The fourth-order valence-electron chi connectivity index (χ4n) is 1.76. The average molecular weight is 282 g/mol. The molecule has 0 saturated heterocycles. The molecule has 4 nitrogen and oxygen atoms in total. The second-order valence-electron chi connectivity index (χ2n) is 4.88. The molecular formula is C15H23FN2O2. The van der Waals surface area contributed by atoms with E-state index < -0.39 is 6.10 Å². The molecular weight excluding hydrogens is 259 g/mol. The fourth-order valence-corrected chi connectivity index (χ4v) is 1.76. The van der Waals surface area contributed by atoms with E-state index in [1.807, 2.05) is 0 Å². The van der Waals surface area contributed by atoms with Crippen LogP contribution in [0.3, 0.4) is 0 Å². The van der Waals surface area contributed by atoms with Crippen molar-refractivity contribution in [2.75, 3.05) is 6.54 Å². The van der Waals surface area contributed by atoms with Gasteiger partial charge >= 0.3 is 0 Å². The predicted octanol–water partition coefficient (Wildman–Crippen LogP) is 2.53. The zero-order valence-electron chi connectivity index (χ0n) is 12.3. The highest BCUT2D eigenvalue weighted by molar-refractivity contribution is 5.80. The Balaban J connectivity index is 2.70. The summed E-state index contributed by atoms with van der Waals surface area (Å²) in [6, 6.07) is 3.77. The van der Waals surface area contributed by atoms with Crippen molar-refractivity contribution in [3.63, 3.8) is 0 Å². The highest BCUT2D eigenvalue weighted by Crippen LogP contribution is 2.25. The van der Waals surface area contributed by atoms with E-state index in [0.29, 0.717) is 17.9 Å². The lowest BCUT2D eigenvalue weighted by atomic mass is 10.1. The summed E-state index contributed by atoms with van der Waals surface area (Å²) in [6.07, 6.45) is 1.30. The SMILES string of the molecule is CCCCNC(=O)C(C)Oc1ccc(F)cc1[C@H](C)N. The summed E-state index contributed by atoms with van der Waals surface area (Å²) in [6.45, 7) is 6.09. The maximum atomic E-state index is 13.2. The van der Waals surface area contributed by atoms with Crippen molar-refractivity contribution >= 4 is 5.91 Å². The van der Waals surface area contributed by atoms with Crippen molar-refractivity contribution in [3.05, 3.63) is 29.6 Å². The van der Waals surface area contributed by atoms with Gasteiger partial charge in [-0.1, -0.05) is 13.3 Å². The van der Waals surface area contributed by atoms with E-state index in [0.717, 1.165) is 12.8 Å². The maximum absolute atomic E-state index is 13.2. The fraction of sp³-hybridized carbons (Fsp3) is 0.533. The van der Waals surface area contributed by atoms with Gasteiger partial charge in [0.15, 0.2) is 6.10 Å². The number of ether oxygens (including phenoxy) is 1. The molecule has 1 aromatic rings. The van der Waals surface area contributed by atoms with Gasteiger partial charge in [0, 0.05) is 18.2 Å². The number of nitrogens with two attached hydrogens (primary N) is 1. The number of unbranched alkanes of at least 4 members (excludes halogenated alkanes) is 1. The molecule has 0 saturated carbocycles. The lowest BCUT2D eigenvalue weighted by Crippen LogP contribution is -2.37. The zero-order valence-corrected chi connectivity index (χ0v) is 12.3. The Kier molecular flexibility index (Phi) is 6.45. The number of hydrogen-bond donors (Lipinski definition) is 2. The van der Waals surface area contributed by atoms with Gasteiger partial charge in [-0.15, -0.1) is 0 Å². The van der Waals surface area contributed by atoms with E-state index in [9.17, 15) is 9.18 Å². The van der Waals surface area contributed by atoms with Crippen LogP contribution in [0.15, 0.2) is 18.2 Å². The van der Waals surface area contributed by atoms with E-state index in [2.05, 4.69) is 12.2 Å². The summed E-state index contributed by atoms with van der Waals surface area (Å²) in [4.78, 5) is 11.8. The molecule has 1 amide bonds. The molecule has 0 fully saturated rings. The van der Waals surface area contributed by atoms with Crippen molar-refractivity contribution in [1.29, 1.82) is 0 Å². The Labute approximate surface area is 119 Å². The van der Waals surface area contributed by atoms with E-state index in [1.165, 1.54) is 18.2 Å². The molecule has 1 unspecified atom stereocenters. The van der Waals surface area contributed by atoms with Crippen molar-refractivity contribution in [1.82, 2.24) is 5.32 Å². The minimum absolute atomic E-state index is 0.182. The lowest BCUT2D eigenvalue weighted by molar-refractivity contribution is -0.127. The van der Waals surface area contributed by atoms with Gasteiger partial charge in [0.2, 0.25) is 0 Å². The Morgan fingerprint density at radius 3 is 2.75 bits per heavy atom. The summed E-state index contributed by atoms with van der Waals surface area (Å²) in [5, 5.41) is 2.79. The predicted molar refractivity (Wildman–Crippen MR) is 77.0 cm³/mol. The van der Waals surface area contributed by atoms with Crippen LogP contribution in [0.25, 0.3) is 0 Å². The topological polar surface area (TPSA) is 64.3 Å². The molecule has 0 spiro atoms. The first-order valence-electron chi connectivity index (χ1n) is 6.95. The van der Waals surface area contributed by atoms with Gasteiger partial charge in [-0.2, -0.15) is 0 Å². The average Bonchev–Trinajstić information content (AvgIpc) is 2.40. The molecule has 20 heavy (non-hydrogen) atoms. The highest BCUT2D eigenvalue weighted by atomic mass is 19.1. The number of benzene rings is 1. The highest BCUT2D eigenvalue weighted by Gasteiger charge is 2.17. The first-order chi connectivity index (χ1) is 9.45. The van der Waals surface area contributed by atoms with Gasteiger partial charge in [-0.25, -0.2) is 4.39 Å². The number of nitrogens with one attached hydrogen (secondary N) is 1. The van der Waals surface area contributed by atoms with Gasteiger partial charge in [-0.05, 0) is 38.5 Å². The molecule has 0 aliphatic carbocycles. The van der Waals surface area contributed by atoms with E-state index >= 15 is 0 Å². The molecule has 2 atom stereocenters. The first-order valence-corrected chi connectivity index (χ1v) is 6.95. The van der Waals surface area contributed by atoms with Gasteiger partial charge in [0.05, 0.1) is 0 Å². The number of amides is 1. The summed E-state index contributed by atoms with van der Waals surface area (Å²) < 4.78 is 18.8. The Morgan fingerprint density at radius 2 is 2.15 bits per heavy atom. The molecule has 1 aromatic carbocycles. The van der Waals surface area contributed by atoms with E-state index in [1.54, 1.807) is 13.8 Å². The van der Waals surface area contributed by atoms with Crippen molar-refractivity contribution in [2.24, 2.45) is 5.73 Å². The second kappa shape index (κ2) is 7.85. The van der Waals surface area contributed by atoms with Crippen LogP contribution >= 0.6 is 0 Å². The second-order valence-corrected chi connectivity index (χ2v) is 4.88. The van der Waals surface area contributed by atoms with Gasteiger partial charge in [-0.3, -0.25) is 4.79 Å². The van der Waals surface area contributed by atoms with Crippen LogP contribution in [0.4, 0.5) is 4.39 Å². The summed E-state index contributed by atoms with van der Waals surface area (Å²) >= 11 is 0. The van der Waals surface area contributed by atoms with Gasteiger partial charge in [0.1, 0.15) is 11.6 Å². The van der Waals surface area contributed by atoms with Crippen LogP contribution in [0.5, 0.6) is 5.75 Å². The number of halogens is 1. The van der Waals surface area contributed by atoms with Crippen LogP contribution in [0.2, 0.25) is 0 Å². The minimum Gasteiger partial charge on any atom is -0.481 e. The third kappa shape index (κ3) is 4.81. The number of carbonyl (C=O) groups excluding carboxylic acids is 1. The normalized spacial score (nSPS) is 13.7. The molecule has 0 radical (unpaired) electrons. The van der Waals surface area contributed by atoms with Gasteiger partial charge < -0.3 is 15.8 Å². The number of rotatable bonds is 7. The minimum atomic E-state index is -0.644. The monoisotopic (exact) mass is 282 g/mol. The third-order valence-electron chi connectivity index (χ3n) is 2.96. The number of carbonyl (C=O) groups is 1. The molecule has 112 valence electrons. The Hall–Kier alpha value is -1.62. The number of hydrogen-bond acceptors (Lipinski definition) is 3.